The topological polar surface area (TPSA) is 60.2 Å². The number of hydrogen-bond donors (Lipinski definition) is 1. The first-order valence-electron chi connectivity index (χ1n) is 6.48. The average molecular weight is 259 g/mol. The zero-order valence-corrected chi connectivity index (χ0v) is 11.1. The molecule has 0 spiro atoms. The van der Waals surface area contributed by atoms with Gasteiger partial charge in [-0.1, -0.05) is 30.3 Å². The third kappa shape index (κ3) is 2.46. The molecule has 2 heterocycles. The van der Waals surface area contributed by atoms with Crippen LogP contribution < -0.4 is 10.1 Å². The standard InChI is InChI=1S/C14H17N3O2/c1-9-8-18-12-6-4-3-5-11(12)14(9)15-7-13-16-10(2)17-19-13/h3-6,9,14-15H,7-8H2,1-2H3. The van der Waals surface area contributed by atoms with Crippen LogP contribution in [0.1, 0.15) is 30.2 Å². The highest BCUT2D eigenvalue weighted by atomic mass is 16.5. The van der Waals surface area contributed by atoms with Gasteiger partial charge in [0, 0.05) is 17.5 Å². The van der Waals surface area contributed by atoms with Gasteiger partial charge >= 0.3 is 0 Å². The van der Waals surface area contributed by atoms with E-state index in [0.29, 0.717) is 24.2 Å². The molecule has 3 rings (SSSR count). The van der Waals surface area contributed by atoms with Crippen molar-refractivity contribution in [3.8, 4) is 5.75 Å². The van der Waals surface area contributed by atoms with Crippen molar-refractivity contribution in [2.75, 3.05) is 6.61 Å². The second kappa shape index (κ2) is 5.01. The fourth-order valence-corrected chi connectivity index (χ4v) is 2.41. The molecule has 1 aliphatic rings. The van der Waals surface area contributed by atoms with Gasteiger partial charge in [0.15, 0.2) is 5.82 Å². The molecule has 2 aromatic rings. The van der Waals surface area contributed by atoms with Crippen LogP contribution in [-0.2, 0) is 6.54 Å². The van der Waals surface area contributed by atoms with Crippen molar-refractivity contribution in [2.24, 2.45) is 5.92 Å². The van der Waals surface area contributed by atoms with Gasteiger partial charge in [-0.2, -0.15) is 4.98 Å². The van der Waals surface area contributed by atoms with E-state index in [2.05, 4.69) is 28.4 Å². The molecule has 5 heteroatoms. The molecule has 5 nitrogen and oxygen atoms in total. The van der Waals surface area contributed by atoms with Gasteiger partial charge in [-0.25, -0.2) is 0 Å². The van der Waals surface area contributed by atoms with Crippen LogP contribution in [0.5, 0.6) is 5.75 Å². The monoisotopic (exact) mass is 259 g/mol. The SMILES string of the molecule is Cc1noc(CNC2c3ccccc3OCC2C)n1. The van der Waals surface area contributed by atoms with E-state index in [0.717, 1.165) is 12.4 Å². The lowest BCUT2D eigenvalue weighted by Crippen LogP contribution is -2.33. The van der Waals surface area contributed by atoms with Crippen molar-refractivity contribution >= 4 is 0 Å². The molecule has 0 saturated carbocycles. The normalized spacial score (nSPS) is 21.8. The Kier molecular flexibility index (Phi) is 3.21. The zero-order valence-electron chi connectivity index (χ0n) is 11.1. The van der Waals surface area contributed by atoms with Gasteiger partial charge in [-0.15, -0.1) is 0 Å². The van der Waals surface area contributed by atoms with Crippen LogP contribution >= 0.6 is 0 Å². The highest BCUT2D eigenvalue weighted by Gasteiger charge is 2.27. The van der Waals surface area contributed by atoms with Crippen molar-refractivity contribution in [3.63, 3.8) is 0 Å². The van der Waals surface area contributed by atoms with Crippen molar-refractivity contribution in [1.82, 2.24) is 15.5 Å². The lowest BCUT2D eigenvalue weighted by molar-refractivity contribution is 0.184. The molecule has 1 N–H and O–H groups in total. The van der Waals surface area contributed by atoms with E-state index >= 15 is 0 Å². The summed E-state index contributed by atoms with van der Waals surface area (Å²) in [7, 11) is 0. The van der Waals surface area contributed by atoms with Crippen molar-refractivity contribution in [3.05, 3.63) is 41.5 Å². The fraction of sp³-hybridized carbons (Fsp3) is 0.429. The molecule has 0 radical (unpaired) electrons. The highest BCUT2D eigenvalue weighted by Crippen LogP contribution is 2.34. The molecule has 2 atom stereocenters. The van der Waals surface area contributed by atoms with E-state index in [1.165, 1.54) is 5.56 Å². The van der Waals surface area contributed by atoms with Gasteiger partial charge in [-0.05, 0) is 13.0 Å². The van der Waals surface area contributed by atoms with Gasteiger partial charge in [0.25, 0.3) is 0 Å². The van der Waals surface area contributed by atoms with Crippen LogP contribution in [0.25, 0.3) is 0 Å². The first-order chi connectivity index (χ1) is 9.24. The summed E-state index contributed by atoms with van der Waals surface area (Å²) >= 11 is 0. The van der Waals surface area contributed by atoms with Gasteiger partial charge in [0.2, 0.25) is 5.89 Å². The van der Waals surface area contributed by atoms with E-state index in [-0.39, 0.29) is 6.04 Å². The minimum absolute atomic E-state index is 0.247. The Labute approximate surface area is 112 Å². The summed E-state index contributed by atoms with van der Waals surface area (Å²) < 4.78 is 10.9. The summed E-state index contributed by atoms with van der Waals surface area (Å²) in [4.78, 5) is 4.20. The summed E-state index contributed by atoms with van der Waals surface area (Å²) in [6.45, 7) is 5.29. The largest absolute Gasteiger partial charge is 0.493 e. The number of aryl methyl sites for hydroxylation is 1. The van der Waals surface area contributed by atoms with Crippen LogP contribution in [0.2, 0.25) is 0 Å². The molecule has 100 valence electrons. The number of rotatable bonds is 3. The lowest BCUT2D eigenvalue weighted by Gasteiger charge is -2.31. The van der Waals surface area contributed by atoms with Crippen molar-refractivity contribution in [2.45, 2.75) is 26.4 Å². The minimum atomic E-state index is 0.247. The van der Waals surface area contributed by atoms with Crippen molar-refractivity contribution < 1.29 is 9.26 Å². The third-order valence-electron chi connectivity index (χ3n) is 3.37. The summed E-state index contributed by atoms with van der Waals surface area (Å²) in [6.07, 6.45) is 0. The van der Waals surface area contributed by atoms with Gasteiger partial charge in [-0.3, -0.25) is 0 Å². The number of benzene rings is 1. The van der Waals surface area contributed by atoms with Crippen LogP contribution in [0.4, 0.5) is 0 Å². The zero-order chi connectivity index (χ0) is 13.2. The van der Waals surface area contributed by atoms with E-state index < -0.39 is 0 Å². The van der Waals surface area contributed by atoms with Crippen LogP contribution in [0, 0.1) is 12.8 Å². The van der Waals surface area contributed by atoms with Gasteiger partial charge < -0.3 is 14.6 Å². The molecule has 2 unspecified atom stereocenters. The summed E-state index contributed by atoms with van der Waals surface area (Å²) in [5.74, 6) is 2.64. The molecule has 0 saturated heterocycles. The predicted molar refractivity (Wildman–Crippen MR) is 69.7 cm³/mol. The second-order valence-electron chi connectivity index (χ2n) is 4.92. The maximum atomic E-state index is 5.73. The summed E-state index contributed by atoms with van der Waals surface area (Å²) in [5.41, 5.74) is 1.19. The molecular weight excluding hydrogens is 242 g/mol. The molecule has 19 heavy (non-hydrogen) atoms. The molecule has 1 aromatic heterocycles. The number of hydrogen-bond acceptors (Lipinski definition) is 5. The second-order valence-corrected chi connectivity index (χ2v) is 4.92. The lowest BCUT2D eigenvalue weighted by atomic mass is 9.92. The number of aromatic nitrogens is 2. The maximum absolute atomic E-state index is 5.73. The Morgan fingerprint density at radius 2 is 2.21 bits per heavy atom. The number of ether oxygens (including phenoxy) is 1. The van der Waals surface area contributed by atoms with Crippen LogP contribution in [0.15, 0.2) is 28.8 Å². The van der Waals surface area contributed by atoms with Crippen LogP contribution in [0.3, 0.4) is 0 Å². The quantitative estimate of drug-likeness (QED) is 0.916. The molecule has 1 aromatic carbocycles. The third-order valence-corrected chi connectivity index (χ3v) is 3.37. The predicted octanol–water partition coefficient (Wildman–Crippen LogP) is 2.24. The summed E-state index contributed by atoms with van der Waals surface area (Å²) in [5, 5.41) is 7.27. The molecule has 0 amide bonds. The summed E-state index contributed by atoms with van der Waals surface area (Å²) in [6, 6.07) is 8.38. The van der Waals surface area contributed by atoms with E-state index in [9.17, 15) is 0 Å². The first kappa shape index (κ1) is 12.2. The maximum Gasteiger partial charge on any atom is 0.240 e. The van der Waals surface area contributed by atoms with E-state index in [1.807, 2.05) is 25.1 Å². The molecule has 0 fully saturated rings. The molecule has 0 aliphatic carbocycles. The number of nitrogens with zero attached hydrogens (tertiary/aromatic N) is 2. The van der Waals surface area contributed by atoms with E-state index in [1.54, 1.807) is 0 Å². The molecule has 0 bridgehead atoms. The minimum Gasteiger partial charge on any atom is -0.493 e. The highest BCUT2D eigenvalue weighted by molar-refractivity contribution is 5.37. The van der Waals surface area contributed by atoms with Crippen LogP contribution in [-0.4, -0.2) is 16.7 Å². The van der Waals surface area contributed by atoms with Crippen molar-refractivity contribution in [1.29, 1.82) is 0 Å². The Balaban J connectivity index is 1.76. The number of para-hydroxylation sites is 1. The smallest absolute Gasteiger partial charge is 0.240 e. The number of fused-ring (bicyclic) bond motifs is 1. The van der Waals surface area contributed by atoms with E-state index in [4.69, 9.17) is 9.26 Å². The Morgan fingerprint density at radius 1 is 1.37 bits per heavy atom. The Bertz CT molecular complexity index is 567. The van der Waals surface area contributed by atoms with Gasteiger partial charge in [0.05, 0.1) is 13.2 Å². The Morgan fingerprint density at radius 3 is 3.00 bits per heavy atom. The first-order valence-corrected chi connectivity index (χ1v) is 6.48. The Hall–Kier alpha value is -1.88. The average Bonchev–Trinajstić information content (AvgIpc) is 2.83. The fourth-order valence-electron chi connectivity index (χ4n) is 2.41. The number of nitrogens with one attached hydrogen (secondary N) is 1. The molecular formula is C14H17N3O2. The molecule has 1 aliphatic heterocycles. The van der Waals surface area contributed by atoms with Gasteiger partial charge in [0.1, 0.15) is 5.75 Å².